The van der Waals surface area contributed by atoms with Gasteiger partial charge in [-0.1, -0.05) is 12.1 Å². The Kier molecular flexibility index (Phi) is 6.79. The standard InChI is InChI=1S/C17H15N5OS.BrH/c1-12(23)20-15-4-2-14(3-5-15)16-11-24-17(21-16)22-19-10-13-6-8-18-9-7-13;/h2-11H,1H3,(H,20,23)(H,21,22);1H/p-1. The van der Waals surface area contributed by atoms with Gasteiger partial charge in [-0.05, 0) is 29.8 Å². The second kappa shape index (κ2) is 9.05. The molecule has 2 heterocycles. The molecule has 6 nitrogen and oxygen atoms in total. The van der Waals surface area contributed by atoms with Crippen LogP contribution < -0.4 is 27.7 Å². The lowest BCUT2D eigenvalue weighted by atomic mass is 10.1. The molecule has 0 saturated heterocycles. The highest BCUT2D eigenvalue weighted by atomic mass is 79.9. The number of rotatable bonds is 5. The molecule has 2 N–H and O–H groups in total. The van der Waals surface area contributed by atoms with Gasteiger partial charge < -0.3 is 22.3 Å². The summed E-state index contributed by atoms with van der Waals surface area (Å²) in [4.78, 5) is 19.5. The summed E-state index contributed by atoms with van der Waals surface area (Å²) in [5.74, 6) is -0.0880. The summed E-state index contributed by atoms with van der Waals surface area (Å²) in [5, 5.41) is 9.57. The quantitative estimate of drug-likeness (QED) is 0.471. The summed E-state index contributed by atoms with van der Waals surface area (Å²) < 4.78 is 0. The molecule has 0 aliphatic rings. The average Bonchev–Trinajstić information content (AvgIpc) is 3.05. The van der Waals surface area contributed by atoms with Crippen molar-refractivity contribution >= 4 is 34.3 Å². The fraction of sp³-hybridized carbons (Fsp3) is 0.0588. The molecule has 0 aliphatic heterocycles. The first-order valence-electron chi connectivity index (χ1n) is 7.23. The molecule has 0 unspecified atom stereocenters. The molecular formula is C17H15BrN5OS-. The van der Waals surface area contributed by atoms with E-state index < -0.39 is 0 Å². The van der Waals surface area contributed by atoms with Crippen molar-refractivity contribution in [2.75, 3.05) is 10.7 Å². The van der Waals surface area contributed by atoms with Crippen molar-refractivity contribution in [1.29, 1.82) is 0 Å². The molecule has 128 valence electrons. The van der Waals surface area contributed by atoms with Gasteiger partial charge in [0.15, 0.2) is 0 Å². The van der Waals surface area contributed by atoms with Gasteiger partial charge in [0.2, 0.25) is 11.0 Å². The van der Waals surface area contributed by atoms with Crippen LogP contribution in [0.4, 0.5) is 10.8 Å². The van der Waals surface area contributed by atoms with Crippen LogP contribution in [0.3, 0.4) is 0 Å². The second-order valence-electron chi connectivity index (χ2n) is 4.95. The minimum atomic E-state index is -0.0880. The van der Waals surface area contributed by atoms with Crippen LogP contribution in [0.5, 0.6) is 0 Å². The molecule has 0 atom stereocenters. The maximum atomic E-state index is 11.0. The molecule has 25 heavy (non-hydrogen) atoms. The largest absolute Gasteiger partial charge is 1.00 e. The number of thiazole rings is 1. The Labute approximate surface area is 159 Å². The lowest BCUT2D eigenvalue weighted by Crippen LogP contribution is -3.00. The SMILES string of the molecule is CC(=O)Nc1ccc(-c2csc(NN=Cc3ccncc3)n2)cc1.[Br-]. The molecule has 0 saturated carbocycles. The first-order valence-corrected chi connectivity index (χ1v) is 8.11. The maximum Gasteiger partial charge on any atom is 0.221 e. The van der Waals surface area contributed by atoms with Crippen molar-refractivity contribution in [1.82, 2.24) is 9.97 Å². The molecule has 1 aromatic carbocycles. The van der Waals surface area contributed by atoms with Gasteiger partial charge in [0.05, 0.1) is 11.9 Å². The Morgan fingerprint density at radius 1 is 1.16 bits per heavy atom. The lowest BCUT2D eigenvalue weighted by molar-refractivity contribution is -0.114. The summed E-state index contributed by atoms with van der Waals surface area (Å²) >= 11 is 1.48. The van der Waals surface area contributed by atoms with Crippen LogP contribution in [0.15, 0.2) is 59.3 Å². The molecule has 0 spiro atoms. The number of anilines is 2. The molecule has 2 aromatic heterocycles. The number of carbonyl (C=O) groups is 1. The van der Waals surface area contributed by atoms with E-state index in [-0.39, 0.29) is 22.9 Å². The number of hydrogen-bond donors (Lipinski definition) is 2. The number of hydrogen-bond acceptors (Lipinski definition) is 6. The van der Waals surface area contributed by atoms with Crippen molar-refractivity contribution in [3.63, 3.8) is 0 Å². The molecule has 0 fully saturated rings. The Morgan fingerprint density at radius 3 is 2.56 bits per heavy atom. The van der Waals surface area contributed by atoms with Crippen molar-refractivity contribution < 1.29 is 21.8 Å². The average molecular weight is 417 g/mol. The van der Waals surface area contributed by atoms with E-state index in [2.05, 4.69) is 25.8 Å². The van der Waals surface area contributed by atoms with Crippen LogP contribution in [0.25, 0.3) is 11.3 Å². The Bertz CT molecular complexity index is 849. The smallest absolute Gasteiger partial charge is 0.221 e. The van der Waals surface area contributed by atoms with E-state index >= 15 is 0 Å². The van der Waals surface area contributed by atoms with E-state index in [1.807, 2.05) is 41.8 Å². The second-order valence-corrected chi connectivity index (χ2v) is 5.81. The molecule has 0 aliphatic carbocycles. The minimum absolute atomic E-state index is 0. The molecule has 3 rings (SSSR count). The maximum absolute atomic E-state index is 11.0. The van der Waals surface area contributed by atoms with Crippen LogP contribution in [0.2, 0.25) is 0 Å². The zero-order valence-electron chi connectivity index (χ0n) is 13.3. The first kappa shape index (κ1) is 18.8. The number of pyridine rings is 1. The number of amides is 1. The number of carbonyl (C=O) groups excluding carboxylic acids is 1. The minimum Gasteiger partial charge on any atom is -1.00 e. The Morgan fingerprint density at radius 2 is 1.88 bits per heavy atom. The third-order valence-corrected chi connectivity index (χ3v) is 3.83. The Balaban J connectivity index is 0.00000225. The van der Waals surface area contributed by atoms with Gasteiger partial charge in [0.25, 0.3) is 0 Å². The molecule has 0 radical (unpaired) electrons. The van der Waals surface area contributed by atoms with Gasteiger partial charge >= 0.3 is 0 Å². The first-order chi connectivity index (χ1) is 11.7. The van der Waals surface area contributed by atoms with Gasteiger partial charge in [-0.25, -0.2) is 4.98 Å². The van der Waals surface area contributed by atoms with Crippen LogP contribution in [-0.4, -0.2) is 22.1 Å². The number of halogens is 1. The van der Waals surface area contributed by atoms with Crippen molar-refractivity contribution in [3.05, 3.63) is 59.7 Å². The summed E-state index contributed by atoms with van der Waals surface area (Å²) in [6.07, 6.45) is 5.14. The fourth-order valence-electron chi connectivity index (χ4n) is 2.00. The monoisotopic (exact) mass is 416 g/mol. The normalized spacial score (nSPS) is 10.3. The Hall–Kier alpha value is -2.58. The molecule has 3 aromatic rings. The number of hydrazone groups is 1. The van der Waals surface area contributed by atoms with Gasteiger partial charge in [0.1, 0.15) is 0 Å². The zero-order valence-corrected chi connectivity index (χ0v) is 15.7. The number of benzene rings is 1. The van der Waals surface area contributed by atoms with Gasteiger partial charge in [-0.15, -0.1) is 11.3 Å². The number of aromatic nitrogens is 2. The lowest BCUT2D eigenvalue weighted by Gasteiger charge is -2.02. The van der Waals surface area contributed by atoms with Crippen molar-refractivity contribution in [2.45, 2.75) is 6.92 Å². The number of nitrogens with zero attached hydrogens (tertiary/aromatic N) is 3. The van der Waals surface area contributed by atoms with Crippen LogP contribution in [-0.2, 0) is 4.79 Å². The van der Waals surface area contributed by atoms with Crippen LogP contribution >= 0.6 is 11.3 Å². The summed E-state index contributed by atoms with van der Waals surface area (Å²) in [6, 6.07) is 11.3. The fourth-order valence-corrected chi connectivity index (χ4v) is 2.67. The van der Waals surface area contributed by atoms with E-state index in [9.17, 15) is 4.79 Å². The highest BCUT2D eigenvalue weighted by molar-refractivity contribution is 7.14. The summed E-state index contributed by atoms with van der Waals surface area (Å²) in [6.45, 7) is 1.48. The highest BCUT2D eigenvalue weighted by Crippen LogP contribution is 2.26. The summed E-state index contributed by atoms with van der Waals surface area (Å²) in [7, 11) is 0. The van der Waals surface area contributed by atoms with Crippen molar-refractivity contribution in [3.8, 4) is 11.3 Å². The molecule has 1 amide bonds. The highest BCUT2D eigenvalue weighted by Gasteiger charge is 2.04. The molecular weight excluding hydrogens is 402 g/mol. The zero-order chi connectivity index (χ0) is 16.8. The summed E-state index contributed by atoms with van der Waals surface area (Å²) in [5.41, 5.74) is 6.48. The van der Waals surface area contributed by atoms with E-state index in [4.69, 9.17) is 0 Å². The predicted octanol–water partition coefficient (Wildman–Crippen LogP) is 0.613. The number of nitrogens with one attached hydrogen (secondary N) is 2. The van der Waals surface area contributed by atoms with E-state index in [1.54, 1.807) is 18.6 Å². The van der Waals surface area contributed by atoms with Gasteiger partial charge in [-0.3, -0.25) is 15.2 Å². The van der Waals surface area contributed by atoms with Crippen molar-refractivity contribution in [2.24, 2.45) is 5.10 Å². The van der Waals surface area contributed by atoms with E-state index in [0.717, 1.165) is 22.5 Å². The van der Waals surface area contributed by atoms with Crippen LogP contribution in [0.1, 0.15) is 12.5 Å². The van der Waals surface area contributed by atoms with Crippen LogP contribution in [0, 0.1) is 0 Å². The van der Waals surface area contributed by atoms with Gasteiger partial charge in [-0.2, -0.15) is 5.10 Å². The third kappa shape index (κ3) is 5.47. The van der Waals surface area contributed by atoms with E-state index in [0.29, 0.717) is 5.13 Å². The van der Waals surface area contributed by atoms with E-state index in [1.165, 1.54) is 18.3 Å². The molecule has 8 heteroatoms. The molecule has 0 bridgehead atoms. The third-order valence-electron chi connectivity index (χ3n) is 3.09. The topological polar surface area (TPSA) is 79.3 Å². The van der Waals surface area contributed by atoms with Gasteiger partial charge in [0, 0.05) is 35.9 Å². The predicted molar refractivity (Wildman–Crippen MR) is 97.3 cm³/mol.